The molecule has 3 unspecified atom stereocenters. The van der Waals surface area contributed by atoms with Gasteiger partial charge in [0.2, 0.25) is 0 Å². The predicted octanol–water partition coefficient (Wildman–Crippen LogP) is 2.65. The number of alkyl halides is 1. The number of aromatic nitrogens is 3. The predicted molar refractivity (Wildman–Crippen MR) is 66.5 cm³/mol. The molecular weight excluding hydrogens is 266 g/mol. The van der Waals surface area contributed by atoms with Crippen LogP contribution in [0.25, 0.3) is 0 Å². The van der Waals surface area contributed by atoms with Crippen LogP contribution in [-0.4, -0.2) is 20.3 Å². The fourth-order valence-electron chi connectivity index (χ4n) is 3.48. The number of aryl methyl sites for hydroxylation is 1. The highest BCUT2D eigenvalue weighted by atomic mass is 79.9. The van der Waals surface area contributed by atoms with Gasteiger partial charge >= 0.3 is 0 Å². The van der Waals surface area contributed by atoms with Gasteiger partial charge in [-0.1, -0.05) is 27.6 Å². The zero-order valence-corrected chi connectivity index (χ0v) is 11.1. The highest BCUT2D eigenvalue weighted by Crippen LogP contribution is 2.48. The Bertz CT molecular complexity index is 363. The van der Waals surface area contributed by atoms with Crippen molar-refractivity contribution in [1.82, 2.24) is 15.0 Å². The Labute approximate surface area is 105 Å². The fourth-order valence-corrected chi connectivity index (χ4v) is 3.89. The number of fused-ring (bicyclic) bond motifs is 2. The average molecular weight is 284 g/mol. The molecule has 0 N–H and O–H groups in total. The first-order chi connectivity index (χ1) is 7.85. The van der Waals surface area contributed by atoms with E-state index in [1.807, 2.05) is 0 Å². The van der Waals surface area contributed by atoms with Gasteiger partial charge < -0.3 is 0 Å². The second-order valence-electron chi connectivity index (χ2n) is 5.31. The molecule has 3 atom stereocenters. The molecule has 0 amide bonds. The fraction of sp³-hybridized carbons (Fsp3) is 0.833. The highest BCUT2D eigenvalue weighted by Gasteiger charge is 2.39. The molecule has 2 fully saturated rings. The van der Waals surface area contributed by atoms with Gasteiger partial charge in [0.15, 0.2) is 0 Å². The molecule has 2 saturated carbocycles. The molecule has 1 aromatic rings. The van der Waals surface area contributed by atoms with Crippen LogP contribution in [-0.2, 0) is 13.0 Å². The molecule has 0 saturated heterocycles. The molecule has 3 rings (SSSR count). The molecule has 3 nitrogen and oxygen atoms in total. The van der Waals surface area contributed by atoms with Crippen LogP contribution in [0.15, 0.2) is 6.20 Å². The maximum Gasteiger partial charge on any atom is 0.0835 e. The van der Waals surface area contributed by atoms with Crippen molar-refractivity contribution in [3.8, 4) is 0 Å². The van der Waals surface area contributed by atoms with E-state index in [0.717, 1.165) is 41.7 Å². The summed E-state index contributed by atoms with van der Waals surface area (Å²) < 4.78 is 2.06. The van der Waals surface area contributed by atoms with Crippen LogP contribution >= 0.6 is 15.9 Å². The van der Waals surface area contributed by atoms with Crippen LogP contribution in [0, 0.1) is 17.8 Å². The Kier molecular flexibility index (Phi) is 3.01. The Morgan fingerprint density at radius 2 is 2.31 bits per heavy atom. The van der Waals surface area contributed by atoms with E-state index in [1.54, 1.807) is 0 Å². The minimum Gasteiger partial charge on any atom is -0.252 e. The van der Waals surface area contributed by atoms with Gasteiger partial charge in [-0.3, -0.25) is 4.68 Å². The van der Waals surface area contributed by atoms with Crippen molar-refractivity contribution in [2.45, 2.75) is 38.6 Å². The highest BCUT2D eigenvalue weighted by molar-refractivity contribution is 9.09. The molecule has 0 spiro atoms. The molecule has 0 radical (unpaired) electrons. The smallest absolute Gasteiger partial charge is 0.0835 e. The summed E-state index contributed by atoms with van der Waals surface area (Å²) in [6, 6.07) is 0. The van der Waals surface area contributed by atoms with E-state index in [4.69, 9.17) is 0 Å². The third-order valence-electron chi connectivity index (χ3n) is 4.24. The van der Waals surface area contributed by atoms with Gasteiger partial charge in [0.25, 0.3) is 0 Å². The van der Waals surface area contributed by atoms with Gasteiger partial charge in [-0.15, -0.1) is 5.10 Å². The van der Waals surface area contributed by atoms with Crippen LogP contribution in [0.3, 0.4) is 0 Å². The SMILES string of the molecule is BrCCc1cn(CC2CC3CCC2C3)nn1. The second kappa shape index (κ2) is 4.47. The monoisotopic (exact) mass is 283 g/mol. The molecule has 2 aliphatic carbocycles. The van der Waals surface area contributed by atoms with Crippen LogP contribution < -0.4 is 0 Å². The standard InChI is InChI=1S/C12H18BrN3/c13-4-3-12-8-16(15-14-12)7-11-6-9-1-2-10(11)5-9/h8-11H,1-7H2. The Morgan fingerprint density at radius 3 is 3.00 bits per heavy atom. The molecule has 2 bridgehead atoms. The summed E-state index contributed by atoms with van der Waals surface area (Å²) in [4.78, 5) is 0. The molecule has 0 aromatic carbocycles. The second-order valence-corrected chi connectivity index (χ2v) is 6.10. The van der Waals surface area contributed by atoms with Crippen molar-refractivity contribution < 1.29 is 0 Å². The van der Waals surface area contributed by atoms with E-state index in [2.05, 4.69) is 37.1 Å². The Morgan fingerprint density at radius 1 is 1.38 bits per heavy atom. The third kappa shape index (κ3) is 2.04. The van der Waals surface area contributed by atoms with Gasteiger partial charge in [0.1, 0.15) is 0 Å². The molecule has 88 valence electrons. The number of hydrogen-bond acceptors (Lipinski definition) is 2. The van der Waals surface area contributed by atoms with E-state index in [1.165, 1.54) is 25.7 Å². The third-order valence-corrected chi connectivity index (χ3v) is 4.64. The molecule has 2 aliphatic rings. The zero-order valence-electron chi connectivity index (χ0n) is 9.48. The lowest BCUT2D eigenvalue weighted by molar-refractivity contribution is 0.283. The summed E-state index contributed by atoms with van der Waals surface area (Å²) in [5.41, 5.74) is 1.11. The number of hydrogen-bond donors (Lipinski definition) is 0. The van der Waals surface area contributed by atoms with E-state index >= 15 is 0 Å². The summed E-state index contributed by atoms with van der Waals surface area (Å²) >= 11 is 3.43. The van der Waals surface area contributed by atoms with E-state index in [9.17, 15) is 0 Å². The molecule has 16 heavy (non-hydrogen) atoms. The summed E-state index contributed by atoms with van der Waals surface area (Å²) in [6.07, 6.45) is 8.95. The summed E-state index contributed by atoms with van der Waals surface area (Å²) in [5, 5.41) is 9.39. The molecule has 1 heterocycles. The number of rotatable bonds is 4. The van der Waals surface area contributed by atoms with E-state index in [-0.39, 0.29) is 0 Å². The summed E-state index contributed by atoms with van der Waals surface area (Å²) in [6.45, 7) is 1.09. The van der Waals surface area contributed by atoms with Crippen LogP contribution in [0.2, 0.25) is 0 Å². The topological polar surface area (TPSA) is 30.7 Å². The number of nitrogens with zero attached hydrogens (tertiary/aromatic N) is 3. The minimum absolute atomic E-state index is 0.872. The Hall–Kier alpha value is -0.380. The van der Waals surface area contributed by atoms with Crippen molar-refractivity contribution in [2.24, 2.45) is 17.8 Å². The maximum atomic E-state index is 4.23. The first kappa shape index (κ1) is 10.8. The molecular formula is C12H18BrN3. The van der Waals surface area contributed by atoms with Crippen molar-refractivity contribution >= 4 is 15.9 Å². The van der Waals surface area contributed by atoms with Crippen LogP contribution in [0.5, 0.6) is 0 Å². The van der Waals surface area contributed by atoms with Crippen molar-refractivity contribution in [3.05, 3.63) is 11.9 Å². The maximum absolute atomic E-state index is 4.23. The molecule has 1 aromatic heterocycles. The minimum atomic E-state index is 0.872. The number of halogens is 1. The normalized spacial score (nSPS) is 32.4. The van der Waals surface area contributed by atoms with Crippen LogP contribution in [0.4, 0.5) is 0 Å². The zero-order chi connectivity index (χ0) is 11.0. The lowest BCUT2D eigenvalue weighted by Crippen LogP contribution is -2.17. The van der Waals surface area contributed by atoms with Gasteiger partial charge in [0.05, 0.1) is 5.69 Å². The van der Waals surface area contributed by atoms with Gasteiger partial charge in [-0.05, 0) is 37.0 Å². The lowest BCUT2D eigenvalue weighted by Gasteiger charge is -2.20. The molecule has 0 aliphatic heterocycles. The first-order valence-electron chi connectivity index (χ1n) is 6.30. The van der Waals surface area contributed by atoms with Crippen molar-refractivity contribution in [2.75, 3.05) is 5.33 Å². The quantitative estimate of drug-likeness (QED) is 0.796. The van der Waals surface area contributed by atoms with Crippen molar-refractivity contribution in [1.29, 1.82) is 0 Å². The first-order valence-corrected chi connectivity index (χ1v) is 7.42. The van der Waals surface area contributed by atoms with E-state index < -0.39 is 0 Å². The van der Waals surface area contributed by atoms with E-state index in [0.29, 0.717) is 0 Å². The summed E-state index contributed by atoms with van der Waals surface area (Å²) in [7, 11) is 0. The van der Waals surface area contributed by atoms with Gasteiger partial charge in [-0.25, -0.2) is 0 Å². The molecule has 4 heteroatoms. The van der Waals surface area contributed by atoms with Gasteiger partial charge in [-0.2, -0.15) is 0 Å². The Balaban J connectivity index is 1.61. The van der Waals surface area contributed by atoms with Crippen LogP contribution in [0.1, 0.15) is 31.4 Å². The largest absolute Gasteiger partial charge is 0.252 e. The van der Waals surface area contributed by atoms with Gasteiger partial charge in [0, 0.05) is 24.5 Å². The average Bonchev–Trinajstić information content (AvgIpc) is 2.95. The van der Waals surface area contributed by atoms with Crippen molar-refractivity contribution in [3.63, 3.8) is 0 Å². The summed E-state index contributed by atoms with van der Waals surface area (Å²) in [5.74, 6) is 2.88. The lowest BCUT2D eigenvalue weighted by atomic mass is 9.89.